The summed E-state index contributed by atoms with van der Waals surface area (Å²) in [6.07, 6.45) is -3.77. The average Bonchev–Trinajstić information content (AvgIpc) is 2.27. The number of halogens is 4. The van der Waals surface area contributed by atoms with E-state index in [1.807, 2.05) is 6.92 Å². The predicted octanol–water partition coefficient (Wildman–Crippen LogP) is 2.59. The third-order valence-electron chi connectivity index (χ3n) is 2.36. The summed E-state index contributed by atoms with van der Waals surface area (Å²) in [5.41, 5.74) is 4.94. The molecule has 1 aromatic carbocycles. The van der Waals surface area contributed by atoms with Crippen LogP contribution in [0.25, 0.3) is 0 Å². The molecule has 0 heterocycles. The molecule has 19 heavy (non-hydrogen) atoms. The summed E-state index contributed by atoms with van der Waals surface area (Å²) in [5.74, 6) is -0.399. The molecule has 0 spiro atoms. The molecule has 0 aromatic heterocycles. The van der Waals surface area contributed by atoms with E-state index in [0.29, 0.717) is 13.0 Å². The van der Waals surface area contributed by atoms with E-state index in [4.69, 9.17) is 5.73 Å². The second-order valence-electron chi connectivity index (χ2n) is 4.10. The Morgan fingerprint density at radius 2 is 1.84 bits per heavy atom. The summed E-state index contributed by atoms with van der Waals surface area (Å²) in [7, 11) is 0. The van der Waals surface area contributed by atoms with Gasteiger partial charge in [-0.2, -0.15) is 13.2 Å². The predicted molar refractivity (Wildman–Crippen MR) is 69.3 cm³/mol. The summed E-state index contributed by atoms with van der Waals surface area (Å²) in [6.45, 7) is 2.21. The minimum Gasteiger partial charge on any atom is -0.352 e. The summed E-state index contributed by atoms with van der Waals surface area (Å²) in [4.78, 5) is 11.6. The number of nitrogens with two attached hydrogens (primary N) is 1. The maximum Gasteiger partial charge on any atom is 0.416 e. The van der Waals surface area contributed by atoms with Crippen LogP contribution in [0, 0.1) is 0 Å². The molecule has 0 aliphatic rings. The molecule has 0 fully saturated rings. The molecule has 1 unspecified atom stereocenters. The molecule has 108 valence electrons. The second-order valence-corrected chi connectivity index (χ2v) is 4.10. The van der Waals surface area contributed by atoms with E-state index in [-0.39, 0.29) is 24.0 Å². The Kier molecular flexibility index (Phi) is 6.86. The van der Waals surface area contributed by atoms with Crippen molar-refractivity contribution in [2.24, 2.45) is 5.73 Å². The summed E-state index contributed by atoms with van der Waals surface area (Å²) >= 11 is 0. The molecule has 0 saturated carbocycles. The molecule has 7 heteroatoms. The van der Waals surface area contributed by atoms with Gasteiger partial charge in [0.15, 0.2) is 0 Å². The Balaban J connectivity index is 0.00000324. The lowest BCUT2D eigenvalue weighted by atomic mass is 10.1. The lowest BCUT2D eigenvalue weighted by Crippen LogP contribution is -2.28. The molecule has 1 rings (SSSR count). The van der Waals surface area contributed by atoms with Gasteiger partial charge in [0.1, 0.15) is 0 Å². The van der Waals surface area contributed by atoms with Gasteiger partial charge in [-0.1, -0.05) is 0 Å². The monoisotopic (exact) mass is 296 g/mol. The van der Waals surface area contributed by atoms with Crippen molar-refractivity contribution >= 4 is 18.3 Å². The number of hydrogen-bond acceptors (Lipinski definition) is 2. The highest BCUT2D eigenvalue weighted by molar-refractivity contribution is 5.94. The highest BCUT2D eigenvalue weighted by atomic mass is 35.5. The van der Waals surface area contributed by atoms with Crippen molar-refractivity contribution in [3.8, 4) is 0 Å². The molecule has 0 radical (unpaired) electrons. The molecule has 0 bridgehead atoms. The van der Waals surface area contributed by atoms with Crippen LogP contribution in [0.3, 0.4) is 0 Å². The van der Waals surface area contributed by atoms with Crippen LogP contribution in [0.5, 0.6) is 0 Å². The zero-order valence-corrected chi connectivity index (χ0v) is 11.1. The largest absolute Gasteiger partial charge is 0.416 e. The van der Waals surface area contributed by atoms with E-state index in [1.165, 1.54) is 0 Å². The highest BCUT2D eigenvalue weighted by Crippen LogP contribution is 2.28. The third kappa shape index (κ3) is 5.94. The Labute approximate surface area is 115 Å². The van der Waals surface area contributed by atoms with Gasteiger partial charge in [0.25, 0.3) is 5.91 Å². The quantitative estimate of drug-likeness (QED) is 0.897. The first-order chi connectivity index (χ1) is 8.30. The van der Waals surface area contributed by atoms with Gasteiger partial charge in [0.05, 0.1) is 5.56 Å². The number of alkyl halides is 3. The molecule has 1 amide bonds. The first-order valence-electron chi connectivity index (χ1n) is 5.51. The van der Waals surface area contributed by atoms with Crippen molar-refractivity contribution in [2.45, 2.75) is 25.6 Å². The van der Waals surface area contributed by atoms with Gasteiger partial charge in [-0.3, -0.25) is 4.79 Å². The lowest BCUT2D eigenvalue weighted by molar-refractivity contribution is -0.137. The van der Waals surface area contributed by atoms with Gasteiger partial charge >= 0.3 is 6.18 Å². The topological polar surface area (TPSA) is 55.1 Å². The van der Waals surface area contributed by atoms with Gasteiger partial charge in [0.2, 0.25) is 0 Å². The van der Waals surface area contributed by atoms with Crippen LogP contribution in [0.2, 0.25) is 0 Å². The standard InChI is InChI=1S/C12H15F3N2O.ClH/c1-8(16)6-7-17-11(18)9-2-4-10(5-3-9)12(13,14)15;/h2-5,8H,6-7,16H2,1H3,(H,17,18);1H. The molecular weight excluding hydrogens is 281 g/mol. The first-order valence-corrected chi connectivity index (χ1v) is 5.51. The number of rotatable bonds is 4. The molecule has 1 atom stereocenters. The number of nitrogens with one attached hydrogen (secondary N) is 1. The number of benzene rings is 1. The smallest absolute Gasteiger partial charge is 0.352 e. The fraction of sp³-hybridized carbons (Fsp3) is 0.417. The van der Waals surface area contributed by atoms with Crippen LogP contribution in [0.1, 0.15) is 29.3 Å². The van der Waals surface area contributed by atoms with Crippen LogP contribution < -0.4 is 11.1 Å². The summed E-state index contributed by atoms with van der Waals surface area (Å²) in [5, 5.41) is 2.59. The molecule has 3 N–H and O–H groups in total. The van der Waals surface area contributed by atoms with Crippen LogP contribution in [0.4, 0.5) is 13.2 Å². The van der Waals surface area contributed by atoms with Crippen molar-refractivity contribution in [3.05, 3.63) is 35.4 Å². The number of carbonyl (C=O) groups excluding carboxylic acids is 1. The van der Waals surface area contributed by atoms with Gasteiger partial charge in [-0.15, -0.1) is 12.4 Å². The summed E-state index contributed by atoms with van der Waals surface area (Å²) in [6, 6.07) is 4.06. The highest BCUT2D eigenvalue weighted by Gasteiger charge is 2.30. The normalized spacial score (nSPS) is 12.5. The number of amides is 1. The fourth-order valence-corrected chi connectivity index (χ4v) is 1.33. The maximum atomic E-state index is 12.3. The number of carbonyl (C=O) groups is 1. The van der Waals surface area contributed by atoms with E-state index in [9.17, 15) is 18.0 Å². The SMILES string of the molecule is CC(N)CCNC(=O)c1ccc(C(F)(F)F)cc1.Cl. The average molecular weight is 297 g/mol. The minimum atomic E-state index is -4.38. The Bertz CT molecular complexity index is 404. The maximum absolute atomic E-state index is 12.3. The lowest BCUT2D eigenvalue weighted by Gasteiger charge is -2.09. The molecule has 0 aliphatic heterocycles. The van der Waals surface area contributed by atoms with Crippen LogP contribution in [-0.2, 0) is 6.18 Å². The Morgan fingerprint density at radius 3 is 2.26 bits per heavy atom. The van der Waals surface area contributed by atoms with Crippen molar-refractivity contribution in [3.63, 3.8) is 0 Å². The van der Waals surface area contributed by atoms with Gasteiger partial charge in [-0.25, -0.2) is 0 Å². The van der Waals surface area contributed by atoms with Crippen LogP contribution >= 0.6 is 12.4 Å². The van der Waals surface area contributed by atoms with E-state index in [2.05, 4.69) is 5.32 Å². The van der Waals surface area contributed by atoms with Crippen molar-refractivity contribution in [1.29, 1.82) is 0 Å². The van der Waals surface area contributed by atoms with Gasteiger partial charge < -0.3 is 11.1 Å². The van der Waals surface area contributed by atoms with E-state index in [1.54, 1.807) is 0 Å². The fourth-order valence-electron chi connectivity index (χ4n) is 1.33. The zero-order valence-electron chi connectivity index (χ0n) is 10.3. The van der Waals surface area contributed by atoms with Crippen LogP contribution in [0.15, 0.2) is 24.3 Å². The number of hydrogen-bond donors (Lipinski definition) is 2. The molecule has 0 aliphatic carbocycles. The summed E-state index contributed by atoms with van der Waals surface area (Å²) < 4.78 is 36.9. The van der Waals surface area contributed by atoms with Crippen molar-refractivity contribution in [1.82, 2.24) is 5.32 Å². The Morgan fingerprint density at radius 1 is 1.32 bits per heavy atom. The minimum absolute atomic E-state index is 0. The third-order valence-corrected chi connectivity index (χ3v) is 2.36. The molecular formula is C12H16ClF3N2O. The van der Waals surface area contributed by atoms with Gasteiger partial charge in [0, 0.05) is 18.2 Å². The van der Waals surface area contributed by atoms with E-state index in [0.717, 1.165) is 24.3 Å². The van der Waals surface area contributed by atoms with Crippen molar-refractivity contribution in [2.75, 3.05) is 6.54 Å². The second kappa shape index (κ2) is 7.35. The zero-order chi connectivity index (χ0) is 13.8. The Hall–Kier alpha value is -1.27. The van der Waals surface area contributed by atoms with Gasteiger partial charge in [-0.05, 0) is 37.6 Å². The molecule has 1 aromatic rings. The molecule has 3 nitrogen and oxygen atoms in total. The van der Waals surface area contributed by atoms with E-state index < -0.39 is 17.6 Å². The van der Waals surface area contributed by atoms with Crippen LogP contribution in [-0.4, -0.2) is 18.5 Å². The molecule has 0 saturated heterocycles. The van der Waals surface area contributed by atoms with Crippen molar-refractivity contribution < 1.29 is 18.0 Å². The first kappa shape index (κ1) is 17.7. The van der Waals surface area contributed by atoms with E-state index >= 15 is 0 Å².